The Morgan fingerprint density at radius 2 is 2.00 bits per heavy atom. The topological polar surface area (TPSA) is 67.4 Å². The Bertz CT molecular complexity index is 441. The highest BCUT2D eigenvalue weighted by Gasteiger charge is 2.26. The lowest BCUT2D eigenvalue weighted by Crippen LogP contribution is -2.44. The van der Waals surface area contributed by atoms with Crippen molar-refractivity contribution in [1.82, 2.24) is 19.6 Å². The molecule has 2 atom stereocenters. The monoisotopic (exact) mass is 295 g/mol. The maximum absolute atomic E-state index is 12.3. The number of carbonyl (C=O) groups excluding carboxylic acids is 1. The van der Waals surface area contributed by atoms with E-state index in [1.54, 1.807) is 4.68 Å². The predicted octanol–water partition coefficient (Wildman–Crippen LogP) is 0.999. The molecule has 120 valence electrons. The Morgan fingerprint density at radius 3 is 2.43 bits per heavy atom. The average molecular weight is 295 g/mol. The summed E-state index contributed by atoms with van der Waals surface area (Å²) in [5.41, 5.74) is 7.33. The fourth-order valence-corrected chi connectivity index (χ4v) is 2.63. The van der Waals surface area contributed by atoms with Crippen LogP contribution in [-0.4, -0.2) is 58.2 Å². The van der Waals surface area contributed by atoms with Crippen LogP contribution < -0.4 is 5.73 Å². The van der Waals surface area contributed by atoms with Crippen LogP contribution in [0.5, 0.6) is 0 Å². The highest BCUT2D eigenvalue weighted by molar-refractivity contribution is 5.78. The number of amides is 1. The van der Waals surface area contributed by atoms with Crippen LogP contribution in [0.15, 0.2) is 12.4 Å². The van der Waals surface area contributed by atoms with Crippen molar-refractivity contribution in [2.75, 3.05) is 26.7 Å². The van der Waals surface area contributed by atoms with E-state index >= 15 is 0 Å². The van der Waals surface area contributed by atoms with Crippen LogP contribution >= 0.6 is 0 Å². The summed E-state index contributed by atoms with van der Waals surface area (Å²) in [6, 6.07) is -0.0214. The van der Waals surface area contributed by atoms with E-state index in [0.29, 0.717) is 6.54 Å². The number of likely N-dealkylation sites (N-methyl/N-ethyl adjacent to an activating group) is 2. The number of carbonyl (C=O) groups is 1. The van der Waals surface area contributed by atoms with E-state index in [1.807, 2.05) is 50.1 Å². The molecule has 1 amide bonds. The first-order valence-electron chi connectivity index (χ1n) is 7.66. The summed E-state index contributed by atoms with van der Waals surface area (Å²) in [5.74, 6) is 0.139. The lowest BCUT2D eigenvalue weighted by Gasteiger charge is -2.32. The third kappa shape index (κ3) is 4.54. The Labute approximate surface area is 127 Å². The van der Waals surface area contributed by atoms with Crippen LogP contribution in [-0.2, 0) is 11.8 Å². The van der Waals surface area contributed by atoms with Crippen molar-refractivity contribution in [2.45, 2.75) is 39.3 Å². The second kappa shape index (κ2) is 8.14. The maximum atomic E-state index is 12.3. The molecule has 6 heteroatoms. The van der Waals surface area contributed by atoms with Crippen molar-refractivity contribution in [3.05, 3.63) is 18.0 Å². The van der Waals surface area contributed by atoms with Crippen molar-refractivity contribution in [3.63, 3.8) is 0 Å². The van der Waals surface area contributed by atoms with Gasteiger partial charge in [0.05, 0.1) is 18.8 Å². The summed E-state index contributed by atoms with van der Waals surface area (Å²) < 4.78 is 1.77. The number of hydrogen-bond donors (Lipinski definition) is 1. The first-order chi connectivity index (χ1) is 9.94. The quantitative estimate of drug-likeness (QED) is 0.777. The number of nitrogens with two attached hydrogens (primary N) is 1. The van der Waals surface area contributed by atoms with Gasteiger partial charge in [0.15, 0.2) is 0 Å². The molecule has 1 aromatic rings. The van der Waals surface area contributed by atoms with E-state index < -0.39 is 0 Å². The minimum absolute atomic E-state index is 0.00297. The first kappa shape index (κ1) is 17.7. The van der Waals surface area contributed by atoms with E-state index in [9.17, 15) is 4.79 Å². The van der Waals surface area contributed by atoms with E-state index in [0.717, 1.165) is 25.1 Å². The van der Waals surface area contributed by atoms with Crippen LogP contribution in [0.1, 0.15) is 38.8 Å². The number of aromatic nitrogens is 2. The van der Waals surface area contributed by atoms with Gasteiger partial charge in [0.1, 0.15) is 0 Å². The minimum atomic E-state index is -0.0243. The van der Waals surface area contributed by atoms with Crippen molar-refractivity contribution in [3.8, 4) is 0 Å². The minimum Gasteiger partial charge on any atom is -0.342 e. The van der Waals surface area contributed by atoms with Gasteiger partial charge in [0.2, 0.25) is 5.91 Å². The van der Waals surface area contributed by atoms with Gasteiger partial charge < -0.3 is 10.6 Å². The van der Waals surface area contributed by atoms with Gasteiger partial charge >= 0.3 is 0 Å². The zero-order valence-corrected chi connectivity index (χ0v) is 13.9. The second-order valence-corrected chi connectivity index (χ2v) is 5.45. The molecule has 0 spiro atoms. The normalized spacial score (nSPS) is 14.2. The molecule has 2 unspecified atom stereocenters. The van der Waals surface area contributed by atoms with Gasteiger partial charge in [-0.15, -0.1) is 0 Å². The van der Waals surface area contributed by atoms with Crippen molar-refractivity contribution >= 4 is 5.91 Å². The number of hydrogen-bond acceptors (Lipinski definition) is 4. The molecule has 0 aromatic carbocycles. The molecule has 0 aliphatic rings. The maximum Gasteiger partial charge on any atom is 0.236 e. The molecule has 21 heavy (non-hydrogen) atoms. The zero-order valence-electron chi connectivity index (χ0n) is 13.9. The summed E-state index contributed by atoms with van der Waals surface area (Å²) in [6.07, 6.45) is 4.65. The fraction of sp³-hybridized carbons (Fsp3) is 0.733. The number of rotatable bonds is 8. The molecule has 0 aliphatic carbocycles. The third-order valence-corrected chi connectivity index (χ3v) is 3.92. The average Bonchev–Trinajstić information content (AvgIpc) is 2.86. The lowest BCUT2D eigenvalue weighted by atomic mass is 9.99. The molecule has 1 heterocycles. The Kier molecular flexibility index (Phi) is 6.84. The van der Waals surface area contributed by atoms with Crippen LogP contribution in [0.4, 0.5) is 0 Å². The van der Waals surface area contributed by atoms with Gasteiger partial charge in [0, 0.05) is 37.9 Å². The molecule has 0 bridgehead atoms. The van der Waals surface area contributed by atoms with E-state index in [1.165, 1.54) is 0 Å². The highest BCUT2D eigenvalue weighted by atomic mass is 16.2. The molecule has 0 fully saturated rings. The summed E-state index contributed by atoms with van der Waals surface area (Å²) >= 11 is 0. The van der Waals surface area contributed by atoms with Crippen LogP contribution in [0.25, 0.3) is 0 Å². The SMILES string of the molecule is CCC(N)C(c1cnn(C)c1)N(C)CC(=O)N(CC)CC. The Balaban J connectivity index is 2.86. The standard InChI is InChI=1S/C15H29N5O/c1-6-13(16)15(12-9-17-19(5)10-12)18(4)11-14(21)20(7-2)8-3/h9-10,13,15H,6-8,11,16H2,1-5H3. The van der Waals surface area contributed by atoms with E-state index in [-0.39, 0.29) is 18.0 Å². The molecule has 0 saturated heterocycles. The summed E-state index contributed by atoms with van der Waals surface area (Å²) in [6.45, 7) is 7.90. The molecule has 2 N–H and O–H groups in total. The summed E-state index contributed by atoms with van der Waals surface area (Å²) in [5, 5.41) is 4.22. The molecular formula is C15H29N5O. The summed E-state index contributed by atoms with van der Waals surface area (Å²) in [7, 11) is 3.84. The molecule has 1 aromatic heterocycles. The third-order valence-electron chi connectivity index (χ3n) is 3.92. The smallest absolute Gasteiger partial charge is 0.236 e. The largest absolute Gasteiger partial charge is 0.342 e. The Hall–Kier alpha value is -1.40. The van der Waals surface area contributed by atoms with Gasteiger partial charge in [-0.3, -0.25) is 14.4 Å². The molecule has 1 rings (SSSR count). The van der Waals surface area contributed by atoms with Crippen molar-refractivity contribution in [1.29, 1.82) is 0 Å². The van der Waals surface area contributed by atoms with Crippen molar-refractivity contribution in [2.24, 2.45) is 12.8 Å². The number of aryl methyl sites for hydroxylation is 1. The van der Waals surface area contributed by atoms with Gasteiger partial charge in [-0.2, -0.15) is 5.10 Å². The molecule has 0 saturated carbocycles. The highest BCUT2D eigenvalue weighted by Crippen LogP contribution is 2.23. The Morgan fingerprint density at radius 1 is 1.38 bits per heavy atom. The van der Waals surface area contributed by atoms with Crippen LogP contribution in [0.2, 0.25) is 0 Å². The van der Waals surface area contributed by atoms with Gasteiger partial charge in [-0.25, -0.2) is 0 Å². The van der Waals surface area contributed by atoms with E-state index in [2.05, 4.69) is 12.0 Å². The van der Waals surface area contributed by atoms with E-state index in [4.69, 9.17) is 5.73 Å². The zero-order chi connectivity index (χ0) is 16.0. The van der Waals surface area contributed by atoms with Crippen LogP contribution in [0, 0.1) is 0 Å². The molecule has 0 radical (unpaired) electrons. The van der Waals surface area contributed by atoms with Crippen molar-refractivity contribution < 1.29 is 4.79 Å². The van der Waals surface area contributed by atoms with Gasteiger partial charge in [-0.1, -0.05) is 6.92 Å². The van der Waals surface area contributed by atoms with Gasteiger partial charge in [-0.05, 0) is 27.3 Å². The second-order valence-electron chi connectivity index (χ2n) is 5.45. The molecule has 6 nitrogen and oxygen atoms in total. The molecular weight excluding hydrogens is 266 g/mol. The lowest BCUT2D eigenvalue weighted by molar-refractivity contribution is -0.132. The predicted molar refractivity (Wildman–Crippen MR) is 84.8 cm³/mol. The van der Waals surface area contributed by atoms with Crippen LogP contribution in [0.3, 0.4) is 0 Å². The summed E-state index contributed by atoms with van der Waals surface area (Å²) in [4.78, 5) is 16.2. The number of nitrogens with zero attached hydrogens (tertiary/aromatic N) is 4. The molecule has 0 aliphatic heterocycles. The first-order valence-corrected chi connectivity index (χ1v) is 7.66. The fourth-order valence-electron chi connectivity index (χ4n) is 2.63. The van der Waals surface area contributed by atoms with Gasteiger partial charge in [0.25, 0.3) is 0 Å².